The molecule has 0 saturated heterocycles. The van der Waals surface area contributed by atoms with Crippen LogP contribution in [0.25, 0.3) is 0 Å². The van der Waals surface area contributed by atoms with E-state index in [-0.39, 0.29) is 5.92 Å². The maximum atomic E-state index is 10.8. The van der Waals surface area contributed by atoms with Crippen LogP contribution in [-0.2, 0) is 4.79 Å². The van der Waals surface area contributed by atoms with Crippen molar-refractivity contribution in [2.24, 2.45) is 17.8 Å². The second kappa shape index (κ2) is 5.00. The minimum atomic E-state index is -0.575. The lowest BCUT2D eigenvalue weighted by Crippen LogP contribution is -2.22. The van der Waals surface area contributed by atoms with Gasteiger partial charge in [-0.25, -0.2) is 0 Å². The standard InChI is InChI=1S/C13H22O2/c14-13(15)12-7-5-11(6-8-12)9-10-3-1-2-4-10/h10-12H,1-9H2,(H,14,15). The van der Waals surface area contributed by atoms with Gasteiger partial charge in [0.25, 0.3) is 0 Å². The Bertz CT molecular complexity index is 211. The summed E-state index contributed by atoms with van der Waals surface area (Å²) in [7, 11) is 0. The van der Waals surface area contributed by atoms with Crippen molar-refractivity contribution in [3.05, 3.63) is 0 Å². The molecule has 0 aromatic heterocycles. The lowest BCUT2D eigenvalue weighted by molar-refractivity contribution is -0.143. The van der Waals surface area contributed by atoms with Gasteiger partial charge in [0.1, 0.15) is 0 Å². The minimum Gasteiger partial charge on any atom is -0.481 e. The number of aliphatic carboxylic acids is 1. The Morgan fingerprint density at radius 2 is 1.47 bits per heavy atom. The van der Waals surface area contributed by atoms with E-state index in [2.05, 4.69) is 0 Å². The van der Waals surface area contributed by atoms with Crippen molar-refractivity contribution in [2.45, 2.75) is 57.8 Å². The molecule has 1 N–H and O–H groups in total. The summed E-state index contributed by atoms with van der Waals surface area (Å²) in [5.41, 5.74) is 0. The zero-order valence-corrected chi connectivity index (χ0v) is 9.45. The van der Waals surface area contributed by atoms with Crippen molar-refractivity contribution in [3.63, 3.8) is 0 Å². The molecule has 0 radical (unpaired) electrons. The fourth-order valence-corrected chi connectivity index (χ4v) is 3.36. The van der Waals surface area contributed by atoms with Gasteiger partial charge >= 0.3 is 5.97 Å². The number of hydrogen-bond donors (Lipinski definition) is 1. The number of rotatable bonds is 3. The lowest BCUT2D eigenvalue weighted by atomic mass is 9.78. The van der Waals surface area contributed by atoms with Gasteiger partial charge in [-0.3, -0.25) is 4.79 Å². The van der Waals surface area contributed by atoms with Crippen LogP contribution in [0, 0.1) is 17.8 Å². The molecule has 0 aromatic rings. The summed E-state index contributed by atoms with van der Waals surface area (Å²) < 4.78 is 0. The van der Waals surface area contributed by atoms with Gasteiger partial charge in [0.15, 0.2) is 0 Å². The van der Waals surface area contributed by atoms with E-state index in [0.29, 0.717) is 0 Å². The molecule has 2 fully saturated rings. The van der Waals surface area contributed by atoms with Crippen molar-refractivity contribution < 1.29 is 9.90 Å². The summed E-state index contributed by atoms with van der Waals surface area (Å²) in [4.78, 5) is 10.8. The van der Waals surface area contributed by atoms with E-state index in [0.717, 1.165) is 37.5 Å². The Hall–Kier alpha value is -0.530. The Morgan fingerprint density at radius 1 is 0.933 bits per heavy atom. The zero-order valence-electron chi connectivity index (χ0n) is 9.45. The second-order valence-electron chi connectivity index (χ2n) is 5.44. The van der Waals surface area contributed by atoms with Crippen LogP contribution >= 0.6 is 0 Å². The fraction of sp³-hybridized carbons (Fsp3) is 0.923. The van der Waals surface area contributed by atoms with E-state index in [1.54, 1.807) is 0 Å². The average molecular weight is 210 g/mol. The molecule has 2 saturated carbocycles. The maximum absolute atomic E-state index is 10.8. The summed E-state index contributed by atoms with van der Waals surface area (Å²) >= 11 is 0. The van der Waals surface area contributed by atoms with Gasteiger partial charge in [-0.2, -0.15) is 0 Å². The highest BCUT2D eigenvalue weighted by molar-refractivity contribution is 5.69. The first-order valence-corrected chi connectivity index (χ1v) is 6.48. The SMILES string of the molecule is O=C(O)C1CCC(CC2CCCC2)CC1. The summed E-state index contributed by atoms with van der Waals surface area (Å²) in [6, 6.07) is 0. The molecule has 0 amide bonds. The minimum absolute atomic E-state index is 0.0372. The molecule has 0 spiro atoms. The highest BCUT2D eigenvalue weighted by atomic mass is 16.4. The zero-order chi connectivity index (χ0) is 10.7. The monoisotopic (exact) mass is 210 g/mol. The van der Waals surface area contributed by atoms with E-state index < -0.39 is 5.97 Å². The molecule has 15 heavy (non-hydrogen) atoms. The van der Waals surface area contributed by atoms with Crippen molar-refractivity contribution in [1.82, 2.24) is 0 Å². The van der Waals surface area contributed by atoms with E-state index in [4.69, 9.17) is 5.11 Å². The largest absolute Gasteiger partial charge is 0.481 e. The van der Waals surface area contributed by atoms with Gasteiger partial charge in [-0.05, 0) is 43.9 Å². The number of hydrogen-bond acceptors (Lipinski definition) is 1. The number of carbonyl (C=O) groups is 1. The molecule has 2 rings (SSSR count). The van der Waals surface area contributed by atoms with Crippen molar-refractivity contribution >= 4 is 5.97 Å². The third-order valence-electron chi connectivity index (χ3n) is 4.34. The highest BCUT2D eigenvalue weighted by Gasteiger charge is 2.28. The molecule has 0 bridgehead atoms. The van der Waals surface area contributed by atoms with Crippen molar-refractivity contribution in [1.29, 1.82) is 0 Å². The quantitative estimate of drug-likeness (QED) is 0.774. The van der Waals surface area contributed by atoms with Crippen LogP contribution in [0.5, 0.6) is 0 Å². The molecule has 0 atom stereocenters. The van der Waals surface area contributed by atoms with Crippen LogP contribution in [0.15, 0.2) is 0 Å². The molecular weight excluding hydrogens is 188 g/mol. The molecule has 2 nitrogen and oxygen atoms in total. The van der Waals surface area contributed by atoms with Gasteiger partial charge in [-0.15, -0.1) is 0 Å². The van der Waals surface area contributed by atoms with E-state index >= 15 is 0 Å². The number of carboxylic acid groups (broad SMARTS) is 1. The molecule has 0 unspecified atom stereocenters. The predicted molar refractivity (Wildman–Crippen MR) is 59.7 cm³/mol. The topological polar surface area (TPSA) is 37.3 Å². The van der Waals surface area contributed by atoms with E-state index in [9.17, 15) is 4.79 Å². The van der Waals surface area contributed by atoms with Crippen LogP contribution in [-0.4, -0.2) is 11.1 Å². The van der Waals surface area contributed by atoms with Crippen molar-refractivity contribution in [2.75, 3.05) is 0 Å². The van der Waals surface area contributed by atoms with Crippen LogP contribution in [0.2, 0.25) is 0 Å². The summed E-state index contributed by atoms with van der Waals surface area (Å²) in [5.74, 6) is 1.19. The Kier molecular flexibility index (Phi) is 3.66. The second-order valence-corrected chi connectivity index (χ2v) is 5.44. The average Bonchev–Trinajstić information content (AvgIpc) is 2.71. The smallest absolute Gasteiger partial charge is 0.306 e. The molecule has 2 heteroatoms. The van der Waals surface area contributed by atoms with Crippen LogP contribution < -0.4 is 0 Å². The third kappa shape index (κ3) is 2.96. The van der Waals surface area contributed by atoms with Gasteiger partial charge in [0.05, 0.1) is 5.92 Å². The lowest BCUT2D eigenvalue weighted by Gasteiger charge is -2.27. The Morgan fingerprint density at radius 3 is 2.00 bits per heavy atom. The van der Waals surface area contributed by atoms with Gasteiger partial charge in [0.2, 0.25) is 0 Å². The number of carboxylic acids is 1. The third-order valence-corrected chi connectivity index (χ3v) is 4.34. The first-order chi connectivity index (χ1) is 7.25. The van der Waals surface area contributed by atoms with Gasteiger partial charge in [0, 0.05) is 0 Å². The summed E-state index contributed by atoms with van der Waals surface area (Å²) in [5, 5.41) is 8.91. The van der Waals surface area contributed by atoms with Crippen molar-refractivity contribution in [3.8, 4) is 0 Å². The molecule has 0 aliphatic heterocycles. The fourth-order valence-electron chi connectivity index (χ4n) is 3.36. The Balaban J connectivity index is 1.71. The van der Waals surface area contributed by atoms with Gasteiger partial charge < -0.3 is 5.11 Å². The highest BCUT2D eigenvalue weighted by Crippen LogP contribution is 2.37. The van der Waals surface area contributed by atoms with Crippen LogP contribution in [0.4, 0.5) is 0 Å². The summed E-state index contributed by atoms with van der Waals surface area (Å²) in [6.07, 6.45) is 11.3. The molecule has 86 valence electrons. The maximum Gasteiger partial charge on any atom is 0.306 e. The predicted octanol–water partition coefficient (Wildman–Crippen LogP) is 3.46. The first-order valence-electron chi connectivity index (χ1n) is 6.48. The van der Waals surface area contributed by atoms with Crippen LogP contribution in [0.3, 0.4) is 0 Å². The molecule has 2 aliphatic carbocycles. The van der Waals surface area contributed by atoms with E-state index in [1.165, 1.54) is 32.1 Å². The molecule has 2 aliphatic rings. The molecular formula is C13H22O2. The van der Waals surface area contributed by atoms with Crippen LogP contribution in [0.1, 0.15) is 57.8 Å². The molecule has 0 heterocycles. The first kappa shape index (κ1) is 11.0. The normalized spacial score (nSPS) is 33.1. The van der Waals surface area contributed by atoms with E-state index in [1.807, 2.05) is 0 Å². The Labute approximate surface area is 92.1 Å². The van der Waals surface area contributed by atoms with Gasteiger partial charge in [-0.1, -0.05) is 25.7 Å². The summed E-state index contributed by atoms with van der Waals surface area (Å²) in [6.45, 7) is 0. The molecule has 0 aromatic carbocycles.